The molecular weight excluding hydrogens is 158 g/mol. The van der Waals surface area contributed by atoms with Crippen molar-refractivity contribution < 1.29 is 0 Å². The van der Waals surface area contributed by atoms with Gasteiger partial charge in [-0.05, 0) is 52.0 Å². The molecule has 1 heteroatoms. The van der Waals surface area contributed by atoms with Crippen molar-refractivity contribution in [2.24, 2.45) is 11.3 Å². The molecule has 0 N–H and O–H groups in total. The van der Waals surface area contributed by atoms with Crippen molar-refractivity contribution in [1.29, 1.82) is 0 Å². The van der Waals surface area contributed by atoms with Crippen LogP contribution in [0.1, 0.15) is 47.5 Å². The minimum Gasteiger partial charge on any atom is -0.301 e. The van der Waals surface area contributed by atoms with E-state index in [1.165, 1.54) is 12.8 Å². The number of nitrogens with zero attached hydrogens (tertiary/aromatic N) is 1. The lowest BCUT2D eigenvalue weighted by Gasteiger charge is -2.48. The van der Waals surface area contributed by atoms with E-state index < -0.39 is 0 Å². The van der Waals surface area contributed by atoms with Gasteiger partial charge in [0.2, 0.25) is 0 Å². The van der Waals surface area contributed by atoms with Gasteiger partial charge in [0.1, 0.15) is 0 Å². The Morgan fingerprint density at radius 1 is 1.15 bits per heavy atom. The van der Waals surface area contributed by atoms with Gasteiger partial charge in [-0.1, -0.05) is 13.8 Å². The van der Waals surface area contributed by atoms with Crippen molar-refractivity contribution in [1.82, 2.24) is 4.90 Å². The van der Waals surface area contributed by atoms with Crippen LogP contribution in [0, 0.1) is 11.3 Å². The fourth-order valence-electron chi connectivity index (χ4n) is 2.50. The van der Waals surface area contributed by atoms with E-state index >= 15 is 0 Å². The third-order valence-corrected chi connectivity index (χ3v) is 3.77. The molecule has 0 saturated heterocycles. The Hall–Kier alpha value is -0.0400. The van der Waals surface area contributed by atoms with E-state index in [-0.39, 0.29) is 0 Å². The molecular formula is C12H25N. The van der Waals surface area contributed by atoms with Crippen LogP contribution in [0.25, 0.3) is 0 Å². The quantitative estimate of drug-likeness (QED) is 0.649. The molecule has 13 heavy (non-hydrogen) atoms. The molecule has 1 atom stereocenters. The van der Waals surface area contributed by atoms with Crippen LogP contribution in [-0.4, -0.2) is 24.0 Å². The van der Waals surface area contributed by atoms with Gasteiger partial charge >= 0.3 is 0 Å². The highest BCUT2D eigenvalue weighted by Crippen LogP contribution is 2.47. The maximum atomic E-state index is 2.50. The molecule has 0 bridgehead atoms. The average molecular weight is 183 g/mol. The first-order valence-electron chi connectivity index (χ1n) is 5.55. The molecule has 1 rings (SSSR count). The lowest BCUT2D eigenvalue weighted by molar-refractivity contribution is 0.0190. The second-order valence-corrected chi connectivity index (χ2v) is 5.83. The third-order valence-electron chi connectivity index (χ3n) is 3.77. The first kappa shape index (κ1) is 11.0. The molecule has 0 aromatic heterocycles. The Morgan fingerprint density at radius 3 is 1.92 bits per heavy atom. The Kier molecular flexibility index (Phi) is 3.06. The predicted molar refractivity (Wildman–Crippen MR) is 58.9 cm³/mol. The molecule has 1 saturated carbocycles. The van der Waals surface area contributed by atoms with Gasteiger partial charge in [0, 0.05) is 12.1 Å². The first-order valence-corrected chi connectivity index (χ1v) is 5.55. The van der Waals surface area contributed by atoms with Crippen molar-refractivity contribution >= 4 is 0 Å². The lowest BCUT2D eigenvalue weighted by atomic mass is 9.62. The zero-order valence-corrected chi connectivity index (χ0v) is 10.1. The summed E-state index contributed by atoms with van der Waals surface area (Å²) in [6.07, 6.45) is 2.82. The molecule has 0 aliphatic heterocycles. The Bertz CT molecular complexity index is 164. The maximum absolute atomic E-state index is 2.50. The molecule has 1 aliphatic carbocycles. The monoisotopic (exact) mass is 183 g/mol. The predicted octanol–water partition coefficient (Wildman–Crippen LogP) is 3.15. The highest BCUT2D eigenvalue weighted by atomic mass is 15.1. The molecule has 0 amide bonds. The van der Waals surface area contributed by atoms with Gasteiger partial charge in [-0.15, -0.1) is 0 Å². The van der Waals surface area contributed by atoms with E-state index in [0.717, 1.165) is 12.0 Å². The normalized spacial score (nSPS) is 24.9. The number of hydrogen-bond donors (Lipinski definition) is 0. The molecule has 1 aliphatic rings. The summed E-state index contributed by atoms with van der Waals surface area (Å²) in [7, 11) is 2.25. The minimum atomic E-state index is 0.622. The van der Waals surface area contributed by atoms with Gasteiger partial charge in [0.25, 0.3) is 0 Å². The van der Waals surface area contributed by atoms with Crippen LogP contribution in [-0.2, 0) is 0 Å². The summed E-state index contributed by atoms with van der Waals surface area (Å²) in [6, 6.07) is 1.44. The zero-order valence-electron chi connectivity index (χ0n) is 10.1. The van der Waals surface area contributed by atoms with Crippen LogP contribution in [0.5, 0.6) is 0 Å². The van der Waals surface area contributed by atoms with Gasteiger partial charge < -0.3 is 4.90 Å². The van der Waals surface area contributed by atoms with Gasteiger partial charge in [-0.3, -0.25) is 0 Å². The summed E-state index contributed by atoms with van der Waals surface area (Å²) in [4.78, 5) is 2.50. The average Bonchev–Trinajstić information content (AvgIpc) is 1.97. The second kappa shape index (κ2) is 3.61. The smallest absolute Gasteiger partial charge is 0.00952 e. The van der Waals surface area contributed by atoms with E-state index in [1.807, 2.05) is 0 Å². The molecule has 1 nitrogen and oxygen atoms in total. The molecule has 0 aromatic rings. The van der Waals surface area contributed by atoms with Crippen LogP contribution >= 0.6 is 0 Å². The molecule has 0 spiro atoms. The SMILES string of the molecule is CC(C)N(C)C(C)C1CC(C)(C)C1. The largest absolute Gasteiger partial charge is 0.301 e. The standard InChI is InChI=1S/C12H25N/c1-9(2)13(6)10(3)11-7-12(4,5)8-11/h9-11H,7-8H2,1-6H3. The Labute approximate surface area is 83.5 Å². The molecule has 0 heterocycles. The summed E-state index contributed by atoms with van der Waals surface area (Å²) in [5, 5.41) is 0. The maximum Gasteiger partial charge on any atom is 0.00952 e. The van der Waals surface area contributed by atoms with E-state index in [2.05, 4.69) is 46.6 Å². The third kappa shape index (κ3) is 2.46. The molecule has 1 unspecified atom stereocenters. The summed E-state index contributed by atoms with van der Waals surface area (Å²) in [5.74, 6) is 0.933. The van der Waals surface area contributed by atoms with Gasteiger partial charge in [-0.25, -0.2) is 0 Å². The first-order chi connectivity index (χ1) is 5.83. The van der Waals surface area contributed by atoms with E-state index in [1.54, 1.807) is 0 Å². The number of rotatable bonds is 3. The zero-order chi connectivity index (χ0) is 10.2. The van der Waals surface area contributed by atoms with Crippen molar-refractivity contribution in [3.8, 4) is 0 Å². The fraction of sp³-hybridized carbons (Fsp3) is 1.00. The van der Waals surface area contributed by atoms with Crippen LogP contribution in [0.2, 0.25) is 0 Å². The van der Waals surface area contributed by atoms with Crippen LogP contribution in [0.3, 0.4) is 0 Å². The number of hydrogen-bond acceptors (Lipinski definition) is 1. The van der Waals surface area contributed by atoms with Crippen molar-refractivity contribution in [3.05, 3.63) is 0 Å². The van der Waals surface area contributed by atoms with Crippen LogP contribution in [0.15, 0.2) is 0 Å². The highest BCUT2D eigenvalue weighted by molar-refractivity contribution is 4.92. The van der Waals surface area contributed by atoms with Crippen molar-refractivity contribution in [3.63, 3.8) is 0 Å². The highest BCUT2D eigenvalue weighted by Gasteiger charge is 2.40. The molecule has 78 valence electrons. The van der Waals surface area contributed by atoms with Gasteiger partial charge in [-0.2, -0.15) is 0 Å². The second-order valence-electron chi connectivity index (χ2n) is 5.83. The van der Waals surface area contributed by atoms with Gasteiger partial charge in [0.15, 0.2) is 0 Å². The molecule has 1 fully saturated rings. The topological polar surface area (TPSA) is 3.24 Å². The summed E-state index contributed by atoms with van der Waals surface area (Å²) in [6.45, 7) is 11.7. The Morgan fingerprint density at radius 2 is 1.62 bits per heavy atom. The summed E-state index contributed by atoms with van der Waals surface area (Å²) in [5.41, 5.74) is 0.622. The van der Waals surface area contributed by atoms with Gasteiger partial charge in [0.05, 0.1) is 0 Å². The van der Waals surface area contributed by atoms with E-state index in [0.29, 0.717) is 11.5 Å². The molecule has 0 radical (unpaired) electrons. The summed E-state index contributed by atoms with van der Waals surface area (Å²) >= 11 is 0. The molecule has 0 aromatic carbocycles. The van der Waals surface area contributed by atoms with Crippen LogP contribution < -0.4 is 0 Å². The van der Waals surface area contributed by atoms with Crippen LogP contribution in [0.4, 0.5) is 0 Å². The van der Waals surface area contributed by atoms with E-state index in [4.69, 9.17) is 0 Å². The van der Waals surface area contributed by atoms with Crippen molar-refractivity contribution in [2.45, 2.75) is 59.5 Å². The minimum absolute atomic E-state index is 0.622. The summed E-state index contributed by atoms with van der Waals surface area (Å²) < 4.78 is 0. The lowest BCUT2D eigenvalue weighted by Crippen LogP contribution is -2.47. The Balaban J connectivity index is 2.38. The fourth-order valence-corrected chi connectivity index (χ4v) is 2.50. The van der Waals surface area contributed by atoms with E-state index in [9.17, 15) is 0 Å². The van der Waals surface area contributed by atoms with Crippen molar-refractivity contribution in [2.75, 3.05) is 7.05 Å².